The Bertz CT molecular complexity index is 523. The van der Waals surface area contributed by atoms with Crippen LogP contribution >= 0.6 is 23.4 Å². The molecule has 1 aromatic carbocycles. The average molecular weight is 328 g/mol. The molecule has 1 heterocycles. The van der Waals surface area contributed by atoms with Crippen molar-refractivity contribution in [3.05, 3.63) is 29.3 Å². The molecule has 1 amide bonds. The Kier molecular flexibility index (Phi) is 5.94. The van der Waals surface area contributed by atoms with Crippen LogP contribution in [0.5, 0.6) is 0 Å². The number of ether oxygens (including phenoxy) is 1. The van der Waals surface area contributed by atoms with Gasteiger partial charge in [-0.25, -0.2) is 0 Å². The molecule has 1 saturated heterocycles. The quantitative estimate of drug-likeness (QED) is 0.616. The fraction of sp³-hybridized carbons (Fsp3) is 0.467. The number of likely N-dealkylation sites (tertiary alicyclic amines) is 1. The molecule has 0 spiro atoms. The predicted molar refractivity (Wildman–Crippen MR) is 83.5 cm³/mol. The third-order valence-electron chi connectivity index (χ3n) is 3.49. The van der Waals surface area contributed by atoms with Crippen LogP contribution in [0.15, 0.2) is 29.2 Å². The summed E-state index contributed by atoms with van der Waals surface area (Å²) in [5.41, 5.74) is 0. The van der Waals surface area contributed by atoms with Crippen LogP contribution in [0, 0.1) is 5.92 Å². The second kappa shape index (κ2) is 7.71. The Morgan fingerprint density at radius 1 is 1.43 bits per heavy atom. The van der Waals surface area contributed by atoms with Crippen molar-refractivity contribution in [3.63, 3.8) is 0 Å². The van der Waals surface area contributed by atoms with E-state index in [1.54, 1.807) is 16.7 Å². The molecule has 0 aliphatic carbocycles. The Balaban J connectivity index is 1.76. The summed E-state index contributed by atoms with van der Waals surface area (Å²) in [5.74, 6) is 0.369. The Hall–Kier alpha value is -1.20. The number of carbonyl (C=O) groups excluding carboxylic acids is 2. The summed E-state index contributed by atoms with van der Waals surface area (Å²) in [7, 11) is 1.38. The maximum atomic E-state index is 12.1. The van der Waals surface area contributed by atoms with E-state index in [2.05, 4.69) is 0 Å². The SMILES string of the molecule is COC(=O)C1CCN(C(=O)CCSc2ccccc2Cl)C1. The van der Waals surface area contributed by atoms with Crippen molar-refractivity contribution in [2.75, 3.05) is 26.0 Å². The molecule has 0 N–H and O–H groups in total. The highest BCUT2D eigenvalue weighted by atomic mass is 35.5. The van der Waals surface area contributed by atoms with Crippen LogP contribution in [0.2, 0.25) is 5.02 Å². The highest BCUT2D eigenvalue weighted by Crippen LogP contribution is 2.27. The monoisotopic (exact) mass is 327 g/mol. The van der Waals surface area contributed by atoms with E-state index in [0.717, 1.165) is 4.90 Å². The highest BCUT2D eigenvalue weighted by Gasteiger charge is 2.31. The molecule has 6 heteroatoms. The van der Waals surface area contributed by atoms with E-state index < -0.39 is 0 Å². The lowest BCUT2D eigenvalue weighted by atomic mass is 10.1. The maximum absolute atomic E-state index is 12.1. The lowest BCUT2D eigenvalue weighted by Gasteiger charge is -2.16. The van der Waals surface area contributed by atoms with Gasteiger partial charge in [0.15, 0.2) is 0 Å². The molecular formula is C15H18ClNO3S. The van der Waals surface area contributed by atoms with Crippen molar-refractivity contribution < 1.29 is 14.3 Å². The molecule has 0 radical (unpaired) electrons. The minimum absolute atomic E-state index is 0.0842. The molecule has 1 aromatic rings. The fourth-order valence-corrected chi connectivity index (χ4v) is 3.49. The van der Waals surface area contributed by atoms with E-state index in [9.17, 15) is 9.59 Å². The van der Waals surface area contributed by atoms with Crippen molar-refractivity contribution in [2.45, 2.75) is 17.7 Å². The summed E-state index contributed by atoms with van der Waals surface area (Å²) in [5, 5.41) is 0.710. The van der Waals surface area contributed by atoms with E-state index in [4.69, 9.17) is 16.3 Å². The lowest BCUT2D eigenvalue weighted by Crippen LogP contribution is -2.30. The van der Waals surface area contributed by atoms with E-state index in [0.29, 0.717) is 36.7 Å². The van der Waals surface area contributed by atoms with Crippen molar-refractivity contribution in [3.8, 4) is 0 Å². The summed E-state index contributed by atoms with van der Waals surface area (Å²) >= 11 is 7.64. The van der Waals surface area contributed by atoms with Crippen LogP contribution < -0.4 is 0 Å². The Morgan fingerprint density at radius 3 is 2.90 bits per heavy atom. The predicted octanol–water partition coefficient (Wildman–Crippen LogP) is 2.84. The van der Waals surface area contributed by atoms with Crippen molar-refractivity contribution in [1.29, 1.82) is 0 Å². The lowest BCUT2D eigenvalue weighted by molar-refractivity contribution is -0.145. The van der Waals surface area contributed by atoms with Crippen LogP contribution in [0.4, 0.5) is 0 Å². The number of rotatable bonds is 5. The fourth-order valence-electron chi connectivity index (χ4n) is 2.31. The van der Waals surface area contributed by atoms with Crippen molar-refractivity contribution in [1.82, 2.24) is 4.90 Å². The molecule has 0 bridgehead atoms. The number of nitrogens with zero attached hydrogens (tertiary/aromatic N) is 1. The minimum atomic E-state index is -0.226. The topological polar surface area (TPSA) is 46.6 Å². The number of esters is 1. The zero-order valence-corrected chi connectivity index (χ0v) is 13.5. The van der Waals surface area contributed by atoms with Crippen LogP contribution in [0.3, 0.4) is 0 Å². The largest absolute Gasteiger partial charge is 0.469 e. The summed E-state index contributed by atoms with van der Waals surface area (Å²) in [6, 6.07) is 7.60. The molecular weight excluding hydrogens is 310 g/mol. The summed E-state index contributed by atoms with van der Waals surface area (Å²) < 4.78 is 4.72. The number of carbonyl (C=O) groups is 2. The molecule has 0 aromatic heterocycles. The molecule has 114 valence electrons. The first kappa shape index (κ1) is 16.2. The molecule has 4 nitrogen and oxygen atoms in total. The van der Waals surface area contributed by atoms with Gasteiger partial charge in [-0.1, -0.05) is 23.7 Å². The second-order valence-electron chi connectivity index (χ2n) is 4.88. The first-order chi connectivity index (χ1) is 10.1. The highest BCUT2D eigenvalue weighted by molar-refractivity contribution is 7.99. The van der Waals surface area contributed by atoms with E-state index >= 15 is 0 Å². The van der Waals surface area contributed by atoms with E-state index in [1.807, 2.05) is 24.3 Å². The van der Waals surface area contributed by atoms with Gasteiger partial charge < -0.3 is 9.64 Å². The van der Waals surface area contributed by atoms with Gasteiger partial charge >= 0.3 is 5.97 Å². The van der Waals surface area contributed by atoms with E-state index in [1.165, 1.54) is 7.11 Å². The van der Waals surface area contributed by atoms with Gasteiger partial charge in [-0.15, -0.1) is 11.8 Å². The first-order valence-corrected chi connectivity index (χ1v) is 8.21. The van der Waals surface area contributed by atoms with Crippen molar-refractivity contribution >= 4 is 35.2 Å². The zero-order chi connectivity index (χ0) is 15.2. The number of methoxy groups -OCH3 is 1. The van der Waals surface area contributed by atoms with Crippen molar-refractivity contribution in [2.24, 2.45) is 5.92 Å². The number of benzene rings is 1. The molecule has 1 unspecified atom stereocenters. The van der Waals surface area contributed by atoms with Gasteiger partial charge in [-0.2, -0.15) is 0 Å². The van der Waals surface area contributed by atoms with Crippen LogP contribution in [-0.4, -0.2) is 42.7 Å². The van der Waals surface area contributed by atoms with Gasteiger partial charge in [0.25, 0.3) is 0 Å². The Morgan fingerprint density at radius 2 is 2.19 bits per heavy atom. The average Bonchev–Trinajstić information content (AvgIpc) is 2.98. The zero-order valence-electron chi connectivity index (χ0n) is 11.9. The number of amides is 1. The standard InChI is InChI=1S/C15H18ClNO3S/c1-20-15(19)11-6-8-17(10-11)14(18)7-9-21-13-5-3-2-4-12(13)16/h2-5,11H,6-10H2,1H3. The number of hydrogen-bond acceptors (Lipinski definition) is 4. The molecule has 1 atom stereocenters. The third kappa shape index (κ3) is 4.38. The van der Waals surface area contributed by atoms with Gasteiger partial charge in [0, 0.05) is 30.2 Å². The summed E-state index contributed by atoms with van der Waals surface area (Å²) in [6.07, 6.45) is 1.14. The van der Waals surface area contributed by atoms with Crippen LogP contribution in [0.25, 0.3) is 0 Å². The third-order valence-corrected chi connectivity index (χ3v) is 5.00. The Labute approximate surface area is 133 Å². The van der Waals surface area contributed by atoms with Gasteiger partial charge in [0.05, 0.1) is 18.1 Å². The normalized spacial score (nSPS) is 17.8. The van der Waals surface area contributed by atoms with Gasteiger partial charge in [-0.05, 0) is 18.6 Å². The summed E-state index contributed by atoms with van der Waals surface area (Å²) in [6.45, 7) is 1.11. The van der Waals surface area contributed by atoms with Crippen LogP contribution in [-0.2, 0) is 14.3 Å². The molecule has 2 rings (SSSR count). The van der Waals surface area contributed by atoms with Gasteiger partial charge in [-0.3, -0.25) is 9.59 Å². The minimum Gasteiger partial charge on any atom is -0.469 e. The van der Waals surface area contributed by atoms with Gasteiger partial charge in [0.1, 0.15) is 0 Å². The molecule has 1 fully saturated rings. The number of thioether (sulfide) groups is 1. The molecule has 0 saturated carbocycles. The second-order valence-corrected chi connectivity index (χ2v) is 6.42. The van der Waals surface area contributed by atoms with E-state index in [-0.39, 0.29) is 17.8 Å². The first-order valence-electron chi connectivity index (χ1n) is 6.84. The molecule has 21 heavy (non-hydrogen) atoms. The maximum Gasteiger partial charge on any atom is 0.310 e. The smallest absolute Gasteiger partial charge is 0.310 e. The summed E-state index contributed by atoms with van der Waals surface area (Å²) in [4.78, 5) is 26.3. The van der Waals surface area contributed by atoms with Gasteiger partial charge in [0.2, 0.25) is 5.91 Å². The molecule has 1 aliphatic heterocycles. The van der Waals surface area contributed by atoms with Crippen LogP contribution in [0.1, 0.15) is 12.8 Å². The molecule has 1 aliphatic rings. The number of halogens is 1. The number of hydrogen-bond donors (Lipinski definition) is 0.